The molecule has 1 aliphatic heterocycles. The first-order valence-corrected chi connectivity index (χ1v) is 11.9. The van der Waals surface area contributed by atoms with Crippen molar-refractivity contribution in [3.05, 3.63) is 59.4 Å². The van der Waals surface area contributed by atoms with Crippen LogP contribution in [0.5, 0.6) is 0 Å². The van der Waals surface area contributed by atoms with Crippen LogP contribution in [0.1, 0.15) is 38.3 Å². The van der Waals surface area contributed by atoms with E-state index >= 15 is 0 Å². The number of amidine groups is 1. The summed E-state index contributed by atoms with van der Waals surface area (Å²) < 4.78 is 79.4. The summed E-state index contributed by atoms with van der Waals surface area (Å²) in [5.41, 5.74) is 4.30. The largest absolute Gasteiger partial charge is 0.416 e. The minimum absolute atomic E-state index is 0.323. The Hall–Kier alpha value is -2.27. The molecule has 3 N–H and O–H groups in total. The molecule has 1 atom stereocenters. The SMILES string of the molecule is CC.CC1(c2ccc(F)c(NS(=O)(=O)c3ccc(C(F)(F)F)cc3)c2)CCSC(N)=N1. The monoisotopic (exact) mass is 477 g/mol. The van der Waals surface area contributed by atoms with Gasteiger partial charge in [0.2, 0.25) is 0 Å². The lowest BCUT2D eigenvalue weighted by atomic mass is 9.89. The molecule has 0 spiro atoms. The molecule has 2 aromatic carbocycles. The molecular formula is C20H23F4N3O2S2. The van der Waals surface area contributed by atoms with E-state index in [1.165, 1.54) is 23.9 Å². The Labute approximate surface area is 183 Å². The maximum Gasteiger partial charge on any atom is 0.416 e. The first-order valence-electron chi connectivity index (χ1n) is 9.39. The van der Waals surface area contributed by atoms with Crippen molar-refractivity contribution < 1.29 is 26.0 Å². The molecule has 0 saturated carbocycles. The maximum absolute atomic E-state index is 14.3. The number of hydrogen-bond acceptors (Lipinski definition) is 5. The van der Waals surface area contributed by atoms with E-state index < -0.39 is 38.0 Å². The van der Waals surface area contributed by atoms with Crippen LogP contribution in [0.15, 0.2) is 52.4 Å². The number of alkyl halides is 3. The smallest absolute Gasteiger partial charge is 0.379 e. The molecule has 1 aliphatic rings. The van der Waals surface area contributed by atoms with Crippen LogP contribution >= 0.6 is 11.8 Å². The van der Waals surface area contributed by atoms with Gasteiger partial charge in [-0.3, -0.25) is 9.71 Å². The third-order valence-corrected chi connectivity index (χ3v) is 6.70. The number of sulfonamides is 1. The summed E-state index contributed by atoms with van der Waals surface area (Å²) in [4.78, 5) is 3.98. The van der Waals surface area contributed by atoms with Gasteiger partial charge in [-0.2, -0.15) is 13.2 Å². The van der Waals surface area contributed by atoms with Gasteiger partial charge in [0.15, 0.2) is 5.17 Å². The Bertz CT molecular complexity index is 1060. The van der Waals surface area contributed by atoms with Gasteiger partial charge in [-0.05, 0) is 55.3 Å². The van der Waals surface area contributed by atoms with Crippen molar-refractivity contribution in [3.63, 3.8) is 0 Å². The zero-order chi connectivity index (χ0) is 23.4. The van der Waals surface area contributed by atoms with Gasteiger partial charge in [-0.25, -0.2) is 12.8 Å². The lowest BCUT2D eigenvalue weighted by molar-refractivity contribution is -0.137. The molecular weight excluding hydrogens is 454 g/mol. The molecule has 0 radical (unpaired) electrons. The normalized spacial score (nSPS) is 19.1. The molecule has 1 unspecified atom stereocenters. The topological polar surface area (TPSA) is 84.5 Å². The van der Waals surface area contributed by atoms with Crippen LogP contribution in [0.2, 0.25) is 0 Å². The molecule has 31 heavy (non-hydrogen) atoms. The fraction of sp³-hybridized carbons (Fsp3) is 0.350. The fourth-order valence-electron chi connectivity index (χ4n) is 2.86. The standard InChI is InChI=1S/C18H17F4N3O2S2.C2H6/c1-17(8-9-28-16(23)24-17)12-4-7-14(19)15(10-12)25-29(26,27)13-5-2-11(3-6-13)18(20,21)22;1-2/h2-7,10,25H,8-9H2,1H3,(H2,23,24);1-2H3. The number of benzene rings is 2. The van der Waals surface area contributed by atoms with E-state index in [-0.39, 0.29) is 5.69 Å². The Kier molecular flexibility index (Phi) is 7.64. The number of rotatable bonds is 4. The van der Waals surface area contributed by atoms with Crippen molar-refractivity contribution in [2.24, 2.45) is 10.7 Å². The number of nitrogens with one attached hydrogen (secondary N) is 1. The molecule has 0 aliphatic carbocycles. The fourth-order valence-corrected chi connectivity index (χ4v) is 4.89. The number of nitrogens with zero attached hydrogens (tertiary/aromatic N) is 1. The summed E-state index contributed by atoms with van der Waals surface area (Å²) in [6.07, 6.45) is -3.97. The van der Waals surface area contributed by atoms with Gasteiger partial charge in [0.05, 0.1) is 21.7 Å². The third kappa shape index (κ3) is 5.91. The molecule has 0 saturated heterocycles. The highest BCUT2D eigenvalue weighted by Gasteiger charge is 2.32. The van der Waals surface area contributed by atoms with Crippen LogP contribution in [0.25, 0.3) is 0 Å². The summed E-state index contributed by atoms with van der Waals surface area (Å²) in [6, 6.07) is 6.87. The molecule has 170 valence electrons. The number of anilines is 1. The molecule has 0 aromatic heterocycles. The average molecular weight is 478 g/mol. The van der Waals surface area contributed by atoms with Crippen molar-refractivity contribution in [2.75, 3.05) is 10.5 Å². The first kappa shape index (κ1) is 25.0. The predicted octanol–water partition coefficient (Wildman–Crippen LogP) is 5.34. The molecule has 1 heterocycles. The van der Waals surface area contributed by atoms with Crippen molar-refractivity contribution in [3.8, 4) is 0 Å². The van der Waals surface area contributed by atoms with Crippen LogP contribution in [0.3, 0.4) is 0 Å². The summed E-state index contributed by atoms with van der Waals surface area (Å²) in [5.74, 6) is -0.120. The van der Waals surface area contributed by atoms with E-state index in [1.54, 1.807) is 6.92 Å². The number of nitrogens with two attached hydrogens (primary N) is 1. The summed E-state index contributed by atoms with van der Waals surface area (Å²) in [7, 11) is -4.30. The van der Waals surface area contributed by atoms with Gasteiger partial charge in [-0.15, -0.1) is 0 Å². The van der Waals surface area contributed by atoms with Crippen molar-refractivity contribution in [1.29, 1.82) is 0 Å². The molecule has 2 aromatic rings. The Morgan fingerprint density at radius 2 is 1.74 bits per heavy atom. The van der Waals surface area contributed by atoms with Crippen LogP contribution < -0.4 is 10.5 Å². The Balaban J connectivity index is 0.00000166. The van der Waals surface area contributed by atoms with Crippen molar-refractivity contribution in [2.45, 2.75) is 43.8 Å². The zero-order valence-electron chi connectivity index (χ0n) is 17.1. The first-order chi connectivity index (χ1) is 14.4. The minimum Gasteiger partial charge on any atom is -0.379 e. The minimum atomic E-state index is -4.59. The van der Waals surface area contributed by atoms with Gasteiger partial charge < -0.3 is 5.73 Å². The number of thioether (sulfide) groups is 1. The van der Waals surface area contributed by atoms with E-state index in [9.17, 15) is 26.0 Å². The lowest BCUT2D eigenvalue weighted by Crippen LogP contribution is -2.29. The molecule has 3 rings (SSSR count). The number of hydrogen-bond donors (Lipinski definition) is 2. The van der Waals surface area contributed by atoms with Gasteiger partial charge in [0.1, 0.15) is 5.82 Å². The highest BCUT2D eigenvalue weighted by Crippen LogP contribution is 2.37. The van der Waals surface area contributed by atoms with Crippen LogP contribution in [0, 0.1) is 5.82 Å². The zero-order valence-corrected chi connectivity index (χ0v) is 18.8. The third-order valence-electron chi connectivity index (χ3n) is 4.52. The molecule has 0 bridgehead atoms. The summed E-state index contributed by atoms with van der Waals surface area (Å²) in [5, 5.41) is 0.384. The maximum atomic E-state index is 14.3. The average Bonchev–Trinajstić information content (AvgIpc) is 2.70. The van der Waals surface area contributed by atoms with Crippen LogP contribution in [-0.2, 0) is 21.7 Å². The highest BCUT2D eigenvalue weighted by molar-refractivity contribution is 8.13. The van der Waals surface area contributed by atoms with E-state index in [2.05, 4.69) is 9.71 Å². The molecule has 0 fully saturated rings. The second kappa shape index (κ2) is 9.47. The van der Waals surface area contributed by atoms with Crippen molar-refractivity contribution >= 4 is 32.6 Å². The lowest BCUT2D eigenvalue weighted by Gasteiger charge is -2.30. The van der Waals surface area contributed by atoms with E-state index in [4.69, 9.17) is 5.73 Å². The number of halogens is 4. The summed E-state index contributed by atoms with van der Waals surface area (Å²) in [6.45, 7) is 5.81. The van der Waals surface area contributed by atoms with E-state index in [0.717, 1.165) is 18.2 Å². The van der Waals surface area contributed by atoms with Crippen LogP contribution in [-0.4, -0.2) is 19.3 Å². The predicted molar refractivity (Wildman–Crippen MR) is 116 cm³/mol. The van der Waals surface area contributed by atoms with E-state index in [0.29, 0.717) is 35.0 Å². The van der Waals surface area contributed by atoms with E-state index in [1.807, 2.05) is 13.8 Å². The van der Waals surface area contributed by atoms with Gasteiger partial charge >= 0.3 is 6.18 Å². The Morgan fingerprint density at radius 3 is 2.29 bits per heavy atom. The van der Waals surface area contributed by atoms with Gasteiger partial charge in [-0.1, -0.05) is 31.7 Å². The molecule has 0 amide bonds. The molecule has 5 nitrogen and oxygen atoms in total. The quantitative estimate of drug-likeness (QED) is 0.583. The van der Waals surface area contributed by atoms with Crippen molar-refractivity contribution in [1.82, 2.24) is 0 Å². The number of aliphatic imine (C=N–C) groups is 1. The highest BCUT2D eigenvalue weighted by atomic mass is 32.2. The Morgan fingerprint density at radius 1 is 1.13 bits per heavy atom. The van der Waals surface area contributed by atoms with Gasteiger partial charge in [0, 0.05) is 5.75 Å². The second-order valence-corrected chi connectivity index (χ2v) is 9.44. The molecule has 11 heteroatoms. The van der Waals surface area contributed by atoms with Crippen LogP contribution in [0.4, 0.5) is 23.2 Å². The summed E-state index contributed by atoms with van der Waals surface area (Å²) >= 11 is 1.39. The second-order valence-electron chi connectivity index (χ2n) is 6.64. The van der Waals surface area contributed by atoms with Gasteiger partial charge in [0.25, 0.3) is 10.0 Å².